The third kappa shape index (κ3) is 6.75. The standard InChI is InChI=1S/C27H31F2N5O5/c1-14(2)9-21(32-25(37)17-7-6-8-33(4)27(17)39)26(38)31-20(12-22(35)36)18-10-16(11-19(28)23(18)29)24-15(3)13-30-34(24)5/h6-8,10-11,13-14,20-21H,9,12H2,1-5H3,(H,31,38)(H,32,37)(H,35,36)/t20-,21-/m0/s1. The van der Waals surface area contributed by atoms with E-state index < -0.39 is 53.5 Å². The van der Waals surface area contributed by atoms with E-state index >= 15 is 4.39 Å². The summed E-state index contributed by atoms with van der Waals surface area (Å²) in [5.74, 6) is -5.58. The van der Waals surface area contributed by atoms with Crippen molar-refractivity contribution in [1.29, 1.82) is 0 Å². The van der Waals surface area contributed by atoms with E-state index in [1.807, 2.05) is 0 Å². The molecule has 2 atom stereocenters. The van der Waals surface area contributed by atoms with Crippen molar-refractivity contribution in [1.82, 2.24) is 25.0 Å². The molecule has 3 rings (SSSR count). The number of hydrogen-bond donors (Lipinski definition) is 3. The number of carboxylic acid groups (broad SMARTS) is 1. The van der Waals surface area contributed by atoms with Crippen LogP contribution in [0.2, 0.25) is 0 Å². The molecule has 3 aromatic rings. The highest BCUT2D eigenvalue weighted by Gasteiger charge is 2.30. The molecule has 0 bridgehead atoms. The number of rotatable bonds is 10. The molecule has 0 radical (unpaired) electrons. The topological polar surface area (TPSA) is 135 Å². The first-order valence-electron chi connectivity index (χ1n) is 12.3. The van der Waals surface area contributed by atoms with Gasteiger partial charge in [-0.1, -0.05) is 13.8 Å². The smallest absolute Gasteiger partial charge is 0.305 e. The third-order valence-electron chi connectivity index (χ3n) is 6.22. The maximum absolute atomic E-state index is 15.1. The van der Waals surface area contributed by atoms with Crippen molar-refractivity contribution in [3.8, 4) is 11.3 Å². The Morgan fingerprint density at radius 3 is 2.41 bits per heavy atom. The molecule has 208 valence electrons. The van der Waals surface area contributed by atoms with E-state index in [9.17, 15) is 28.7 Å². The number of carbonyl (C=O) groups excluding carboxylic acids is 2. The minimum Gasteiger partial charge on any atom is -0.481 e. The third-order valence-corrected chi connectivity index (χ3v) is 6.22. The van der Waals surface area contributed by atoms with Gasteiger partial charge in [0.2, 0.25) is 5.91 Å². The first-order valence-corrected chi connectivity index (χ1v) is 12.3. The SMILES string of the molecule is Cc1cnn(C)c1-c1cc(F)c(F)c([C@H](CC(=O)O)NC(=O)[C@H](CC(C)C)NC(=O)c2cccn(C)c2=O)c1. The summed E-state index contributed by atoms with van der Waals surface area (Å²) in [6.07, 6.45) is 2.40. The molecule has 0 unspecified atom stereocenters. The molecule has 0 saturated heterocycles. The minimum absolute atomic E-state index is 0.0945. The van der Waals surface area contributed by atoms with E-state index in [0.29, 0.717) is 11.3 Å². The average molecular weight is 544 g/mol. The molecule has 1 aromatic carbocycles. The first-order chi connectivity index (χ1) is 18.3. The van der Waals surface area contributed by atoms with Crippen LogP contribution in [-0.4, -0.2) is 43.3 Å². The number of aromatic nitrogens is 3. The molecule has 0 aliphatic heterocycles. The van der Waals surface area contributed by atoms with Gasteiger partial charge in [0.05, 0.1) is 24.4 Å². The Labute approximate surface area is 223 Å². The largest absolute Gasteiger partial charge is 0.481 e. The van der Waals surface area contributed by atoms with Crippen molar-refractivity contribution in [2.24, 2.45) is 20.0 Å². The summed E-state index contributed by atoms with van der Waals surface area (Å²) in [5.41, 5.74) is 0.300. The van der Waals surface area contributed by atoms with E-state index in [2.05, 4.69) is 15.7 Å². The maximum Gasteiger partial charge on any atom is 0.305 e. The van der Waals surface area contributed by atoms with Gasteiger partial charge in [-0.05, 0) is 49.1 Å². The van der Waals surface area contributed by atoms with Gasteiger partial charge in [0.25, 0.3) is 11.5 Å². The lowest BCUT2D eigenvalue weighted by Gasteiger charge is -2.25. The Bertz CT molecular complexity index is 1440. The summed E-state index contributed by atoms with van der Waals surface area (Å²) in [6, 6.07) is 2.43. The van der Waals surface area contributed by atoms with Crippen LogP contribution in [0.15, 0.2) is 41.5 Å². The molecule has 0 fully saturated rings. The van der Waals surface area contributed by atoms with Crippen LogP contribution < -0.4 is 16.2 Å². The second-order valence-electron chi connectivity index (χ2n) is 9.81. The number of carboxylic acids is 1. The van der Waals surface area contributed by atoms with Crippen molar-refractivity contribution in [2.45, 2.75) is 45.7 Å². The lowest BCUT2D eigenvalue weighted by atomic mass is 9.96. The molecule has 10 nitrogen and oxygen atoms in total. The highest BCUT2D eigenvalue weighted by atomic mass is 19.2. The summed E-state index contributed by atoms with van der Waals surface area (Å²) in [6.45, 7) is 5.34. The van der Waals surface area contributed by atoms with E-state index in [1.54, 1.807) is 34.0 Å². The van der Waals surface area contributed by atoms with Gasteiger partial charge in [0.1, 0.15) is 11.6 Å². The fourth-order valence-corrected chi connectivity index (χ4v) is 4.36. The maximum atomic E-state index is 15.1. The molecule has 0 spiro atoms. The Morgan fingerprint density at radius 2 is 1.82 bits per heavy atom. The number of amides is 2. The van der Waals surface area contributed by atoms with Gasteiger partial charge in [0.15, 0.2) is 11.6 Å². The summed E-state index contributed by atoms with van der Waals surface area (Å²) < 4.78 is 32.5. The highest BCUT2D eigenvalue weighted by Crippen LogP contribution is 2.31. The number of halogens is 2. The van der Waals surface area contributed by atoms with Crippen LogP contribution in [0, 0.1) is 24.5 Å². The second kappa shape index (κ2) is 12.0. The van der Waals surface area contributed by atoms with Gasteiger partial charge >= 0.3 is 5.97 Å². The summed E-state index contributed by atoms with van der Waals surface area (Å²) in [4.78, 5) is 50.3. The molecule has 2 heterocycles. The van der Waals surface area contributed by atoms with Crippen LogP contribution in [0.1, 0.15) is 54.2 Å². The second-order valence-corrected chi connectivity index (χ2v) is 9.81. The number of aliphatic carboxylic acids is 1. The fraction of sp³-hybridized carbons (Fsp3) is 0.370. The minimum atomic E-state index is -1.46. The number of nitrogens with one attached hydrogen (secondary N) is 2. The highest BCUT2D eigenvalue weighted by molar-refractivity contribution is 5.97. The van der Waals surface area contributed by atoms with Crippen LogP contribution in [-0.2, 0) is 23.7 Å². The first kappa shape index (κ1) is 29.2. The molecule has 2 amide bonds. The van der Waals surface area contributed by atoms with Crippen molar-refractivity contribution < 1.29 is 28.3 Å². The van der Waals surface area contributed by atoms with Gasteiger partial charge in [-0.15, -0.1) is 0 Å². The lowest BCUT2D eigenvalue weighted by molar-refractivity contribution is -0.137. The Balaban J connectivity index is 1.98. The van der Waals surface area contributed by atoms with Crippen LogP contribution in [0.25, 0.3) is 11.3 Å². The van der Waals surface area contributed by atoms with Gasteiger partial charge in [0, 0.05) is 31.4 Å². The zero-order chi connectivity index (χ0) is 29.0. The van der Waals surface area contributed by atoms with Crippen molar-refractivity contribution in [2.75, 3.05) is 0 Å². The number of carbonyl (C=O) groups is 3. The average Bonchev–Trinajstić information content (AvgIpc) is 3.18. The molecule has 0 saturated carbocycles. The number of benzene rings is 1. The van der Waals surface area contributed by atoms with Crippen molar-refractivity contribution in [3.05, 3.63) is 75.3 Å². The van der Waals surface area contributed by atoms with Crippen LogP contribution in [0.4, 0.5) is 8.78 Å². The van der Waals surface area contributed by atoms with E-state index in [-0.39, 0.29) is 29.0 Å². The predicted octanol–water partition coefficient (Wildman–Crippen LogP) is 2.85. The lowest BCUT2D eigenvalue weighted by Crippen LogP contribution is -2.49. The molecule has 0 aliphatic rings. The molecule has 0 aliphatic carbocycles. The van der Waals surface area contributed by atoms with Crippen molar-refractivity contribution >= 4 is 17.8 Å². The zero-order valence-electron chi connectivity index (χ0n) is 22.3. The molecule has 2 aromatic heterocycles. The van der Waals surface area contributed by atoms with Gasteiger partial charge in [-0.3, -0.25) is 23.9 Å². The van der Waals surface area contributed by atoms with Crippen LogP contribution >= 0.6 is 0 Å². The number of hydrogen-bond acceptors (Lipinski definition) is 5. The van der Waals surface area contributed by atoms with E-state index in [0.717, 1.165) is 6.07 Å². The molecular weight excluding hydrogens is 512 g/mol. The molecular formula is C27H31F2N5O5. The van der Waals surface area contributed by atoms with Crippen LogP contribution in [0.3, 0.4) is 0 Å². The van der Waals surface area contributed by atoms with Crippen molar-refractivity contribution in [3.63, 3.8) is 0 Å². The fourth-order valence-electron chi connectivity index (χ4n) is 4.36. The summed E-state index contributed by atoms with van der Waals surface area (Å²) >= 11 is 0. The van der Waals surface area contributed by atoms with E-state index in [4.69, 9.17) is 0 Å². The van der Waals surface area contributed by atoms with E-state index in [1.165, 1.54) is 40.7 Å². The Kier molecular flexibility index (Phi) is 9.00. The Morgan fingerprint density at radius 1 is 1.13 bits per heavy atom. The van der Waals surface area contributed by atoms with Gasteiger partial charge < -0.3 is 20.3 Å². The zero-order valence-corrected chi connectivity index (χ0v) is 22.3. The molecule has 39 heavy (non-hydrogen) atoms. The predicted molar refractivity (Wildman–Crippen MR) is 139 cm³/mol. The quantitative estimate of drug-likeness (QED) is 0.360. The summed E-state index contributed by atoms with van der Waals surface area (Å²) in [5, 5.41) is 18.6. The monoisotopic (exact) mass is 543 g/mol. The normalized spacial score (nSPS) is 12.7. The number of pyridine rings is 1. The number of nitrogens with zero attached hydrogens (tertiary/aromatic N) is 3. The van der Waals surface area contributed by atoms with Crippen LogP contribution in [0.5, 0.6) is 0 Å². The summed E-state index contributed by atoms with van der Waals surface area (Å²) in [7, 11) is 3.10. The number of aryl methyl sites for hydroxylation is 3. The molecule has 3 N–H and O–H groups in total. The van der Waals surface area contributed by atoms with Gasteiger partial charge in [-0.25, -0.2) is 8.78 Å². The molecule has 12 heteroatoms. The Hall–Kier alpha value is -4.35. The van der Waals surface area contributed by atoms with Gasteiger partial charge in [-0.2, -0.15) is 5.10 Å².